The van der Waals surface area contributed by atoms with Gasteiger partial charge in [-0.15, -0.1) is 0 Å². The molecule has 4 heterocycles. The summed E-state index contributed by atoms with van der Waals surface area (Å²) in [5.74, 6) is -2.16. The highest BCUT2D eigenvalue weighted by molar-refractivity contribution is 6.00. The number of likely N-dealkylation sites (tertiary alicyclic amines) is 1. The highest BCUT2D eigenvalue weighted by Gasteiger charge is 2.75. The molecule has 1 N–H and O–H groups in total. The van der Waals surface area contributed by atoms with E-state index in [2.05, 4.69) is 0 Å². The van der Waals surface area contributed by atoms with Gasteiger partial charge in [-0.2, -0.15) is 0 Å². The first-order valence-electron chi connectivity index (χ1n) is 14.9. The summed E-state index contributed by atoms with van der Waals surface area (Å²) in [5, 5.41) is 10.7. The van der Waals surface area contributed by atoms with Crippen LogP contribution in [0.3, 0.4) is 0 Å². The second kappa shape index (κ2) is 10.5. The zero-order chi connectivity index (χ0) is 28.1. The van der Waals surface area contributed by atoms with Gasteiger partial charge < -0.3 is 24.5 Å². The Labute approximate surface area is 236 Å². The number of carbonyl (C=O) groups excluding carboxylic acids is 3. The van der Waals surface area contributed by atoms with Gasteiger partial charge in [0.15, 0.2) is 0 Å². The van der Waals surface area contributed by atoms with E-state index in [4.69, 9.17) is 4.74 Å². The lowest BCUT2D eigenvalue weighted by Gasteiger charge is -2.42. The van der Waals surface area contributed by atoms with Crippen molar-refractivity contribution in [3.8, 4) is 0 Å². The number of aliphatic hydroxyl groups excluding tert-OH is 1. The van der Waals surface area contributed by atoms with Crippen molar-refractivity contribution < 1.29 is 24.2 Å². The number of hydrogen-bond donors (Lipinski definition) is 1. The van der Waals surface area contributed by atoms with Crippen LogP contribution in [0.4, 0.5) is 0 Å². The molecular weight excluding hydrogens is 506 g/mol. The molecule has 4 aliphatic heterocycles. The third-order valence-corrected chi connectivity index (χ3v) is 10.0. The van der Waals surface area contributed by atoms with E-state index in [1.54, 1.807) is 16.8 Å². The fourth-order valence-electron chi connectivity index (χ4n) is 8.09. The van der Waals surface area contributed by atoms with E-state index < -0.39 is 35.1 Å². The van der Waals surface area contributed by atoms with Gasteiger partial charge >= 0.3 is 0 Å². The highest BCUT2D eigenvalue weighted by atomic mass is 16.5. The molecule has 3 fully saturated rings. The molecular formula is C32H41N3O5. The first-order chi connectivity index (χ1) is 19.4. The molecule has 1 aromatic rings. The van der Waals surface area contributed by atoms with E-state index in [1.165, 1.54) is 6.42 Å². The van der Waals surface area contributed by atoms with Crippen LogP contribution in [0, 0.1) is 11.8 Å². The molecule has 0 bridgehead atoms. The van der Waals surface area contributed by atoms with Gasteiger partial charge in [-0.3, -0.25) is 14.4 Å². The van der Waals surface area contributed by atoms with E-state index in [1.807, 2.05) is 66.5 Å². The summed E-state index contributed by atoms with van der Waals surface area (Å²) < 4.78 is 7.04. The lowest BCUT2D eigenvalue weighted by molar-refractivity contribution is -0.158. The van der Waals surface area contributed by atoms with Gasteiger partial charge in [-0.05, 0) is 31.2 Å². The van der Waals surface area contributed by atoms with Crippen LogP contribution in [0.1, 0.15) is 51.0 Å². The number of amides is 3. The quantitative estimate of drug-likeness (QED) is 0.554. The SMILES string of the molecule is CC[C@]12C=CCN(C)C(=O)[C@H]1[C@H]1C(=O)N([C@@H](CO)Cc3ccccc3)C3C(=O)N(C4CCCCC4)CC=C[C@@]31O2. The Kier molecular flexibility index (Phi) is 7.11. The van der Waals surface area contributed by atoms with Crippen molar-refractivity contribution in [1.82, 2.24) is 14.7 Å². The van der Waals surface area contributed by atoms with Crippen LogP contribution in [-0.4, -0.2) is 93.6 Å². The summed E-state index contributed by atoms with van der Waals surface area (Å²) >= 11 is 0. The maximum atomic E-state index is 14.7. The van der Waals surface area contributed by atoms with E-state index in [-0.39, 0.29) is 30.4 Å². The Morgan fingerprint density at radius 2 is 1.68 bits per heavy atom. The lowest BCUT2D eigenvalue weighted by Crippen LogP contribution is -2.60. The van der Waals surface area contributed by atoms with Gasteiger partial charge in [-0.25, -0.2) is 0 Å². The molecule has 5 aliphatic rings. The van der Waals surface area contributed by atoms with Crippen molar-refractivity contribution in [3.63, 3.8) is 0 Å². The minimum Gasteiger partial charge on any atom is -0.394 e. The number of carbonyl (C=O) groups is 3. The van der Waals surface area contributed by atoms with E-state index in [0.717, 1.165) is 31.2 Å². The number of fused-ring (bicyclic) bond motifs is 2. The van der Waals surface area contributed by atoms with Crippen LogP contribution in [0.25, 0.3) is 0 Å². The molecule has 8 heteroatoms. The number of hydrogen-bond acceptors (Lipinski definition) is 5. The minimum absolute atomic E-state index is 0.110. The summed E-state index contributed by atoms with van der Waals surface area (Å²) in [7, 11) is 1.75. The average molecular weight is 548 g/mol. The normalized spacial score (nSPS) is 34.9. The van der Waals surface area contributed by atoms with Crippen LogP contribution in [0.15, 0.2) is 54.6 Å². The monoisotopic (exact) mass is 547 g/mol. The third-order valence-electron chi connectivity index (χ3n) is 10.0. The molecule has 0 radical (unpaired) electrons. The van der Waals surface area contributed by atoms with Crippen LogP contribution >= 0.6 is 0 Å². The molecule has 40 heavy (non-hydrogen) atoms. The average Bonchev–Trinajstić information content (AvgIpc) is 3.28. The van der Waals surface area contributed by atoms with Crippen molar-refractivity contribution >= 4 is 17.7 Å². The number of benzene rings is 1. The first-order valence-corrected chi connectivity index (χ1v) is 14.9. The van der Waals surface area contributed by atoms with Crippen LogP contribution in [-0.2, 0) is 25.5 Å². The molecule has 6 atom stereocenters. The Morgan fingerprint density at radius 3 is 2.38 bits per heavy atom. The Bertz CT molecular complexity index is 1210. The van der Waals surface area contributed by atoms with Crippen molar-refractivity contribution in [1.29, 1.82) is 0 Å². The summed E-state index contributed by atoms with van der Waals surface area (Å²) in [6.07, 6.45) is 13.9. The minimum atomic E-state index is -1.29. The topological polar surface area (TPSA) is 90.4 Å². The molecule has 1 spiro atoms. The molecule has 1 unspecified atom stereocenters. The maximum Gasteiger partial charge on any atom is 0.249 e. The second-order valence-corrected chi connectivity index (χ2v) is 12.2. The van der Waals surface area contributed by atoms with Crippen molar-refractivity contribution in [3.05, 3.63) is 60.2 Å². The number of aliphatic hydroxyl groups is 1. The van der Waals surface area contributed by atoms with Gasteiger partial charge in [0.05, 0.1) is 30.1 Å². The maximum absolute atomic E-state index is 14.7. The summed E-state index contributed by atoms with van der Waals surface area (Å²) in [5.41, 5.74) is -1.30. The lowest BCUT2D eigenvalue weighted by atomic mass is 9.73. The predicted octanol–water partition coefficient (Wildman–Crippen LogP) is 2.71. The molecule has 6 rings (SSSR count). The van der Waals surface area contributed by atoms with Crippen molar-refractivity contribution in [2.45, 2.75) is 81.2 Å². The molecule has 2 saturated heterocycles. The van der Waals surface area contributed by atoms with Gasteiger partial charge in [0.2, 0.25) is 17.7 Å². The Hall–Kier alpha value is -2.97. The van der Waals surface area contributed by atoms with Gasteiger partial charge in [0.1, 0.15) is 11.6 Å². The van der Waals surface area contributed by atoms with Gasteiger partial charge in [0, 0.05) is 26.2 Å². The molecule has 1 aromatic carbocycles. The highest BCUT2D eigenvalue weighted by Crippen LogP contribution is 2.59. The van der Waals surface area contributed by atoms with Crippen molar-refractivity contribution in [2.24, 2.45) is 11.8 Å². The molecule has 8 nitrogen and oxygen atoms in total. The van der Waals surface area contributed by atoms with Gasteiger partial charge in [0.25, 0.3) is 0 Å². The molecule has 0 aromatic heterocycles. The van der Waals surface area contributed by atoms with Crippen LogP contribution in [0.2, 0.25) is 0 Å². The van der Waals surface area contributed by atoms with Crippen LogP contribution in [0.5, 0.6) is 0 Å². The molecule has 1 aliphatic carbocycles. The summed E-state index contributed by atoms with van der Waals surface area (Å²) in [6, 6.07) is 8.26. The molecule has 1 saturated carbocycles. The predicted molar refractivity (Wildman–Crippen MR) is 150 cm³/mol. The number of ether oxygens (including phenoxy) is 1. The number of likely N-dealkylation sites (N-methyl/N-ethyl adjacent to an activating group) is 1. The van der Waals surface area contributed by atoms with E-state index in [9.17, 15) is 19.5 Å². The standard InChI is InChI=1S/C32H41N3O5/c1-3-31-16-10-18-33(2)28(37)25(31)26-29(38)35(24(21-36)20-22-12-6-4-7-13-22)27-30(39)34(23-14-8-5-9-15-23)19-11-17-32(26,27)40-31/h4,6-7,10-13,16-17,23-27,36H,3,5,8-9,14-15,18-21H2,1-2H3/t24-,25-,26+,27?,31+,32+/m1/s1. The van der Waals surface area contributed by atoms with E-state index in [0.29, 0.717) is 25.9 Å². The third kappa shape index (κ3) is 4.05. The summed E-state index contributed by atoms with van der Waals surface area (Å²) in [4.78, 5) is 48.5. The second-order valence-electron chi connectivity index (χ2n) is 12.2. The number of nitrogens with zero attached hydrogens (tertiary/aromatic N) is 3. The van der Waals surface area contributed by atoms with E-state index >= 15 is 0 Å². The summed E-state index contributed by atoms with van der Waals surface area (Å²) in [6.45, 7) is 2.58. The zero-order valence-electron chi connectivity index (χ0n) is 23.6. The van der Waals surface area contributed by atoms with Crippen molar-refractivity contribution in [2.75, 3.05) is 26.7 Å². The molecule has 3 amide bonds. The Balaban J connectivity index is 1.49. The fourth-order valence-corrected chi connectivity index (χ4v) is 8.09. The zero-order valence-corrected chi connectivity index (χ0v) is 23.6. The Morgan fingerprint density at radius 1 is 0.950 bits per heavy atom. The van der Waals surface area contributed by atoms with Gasteiger partial charge in [-0.1, -0.05) is 80.8 Å². The smallest absolute Gasteiger partial charge is 0.249 e. The fraction of sp³-hybridized carbons (Fsp3) is 0.594. The largest absolute Gasteiger partial charge is 0.394 e. The first kappa shape index (κ1) is 27.2. The molecule has 214 valence electrons. The number of rotatable bonds is 6. The van der Waals surface area contributed by atoms with Crippen LogP contribution < -0.4 is 0 Å².